The topological polar surface area (TPSA) is 50.9 Å². The maximum atomic E-state index is 10.5. The van der Waals surface area contributed by atoms with Gasteiger partial charge in [-0.05, 0) is 0 Å². The summed E-state index contributed by atoms with van der Waals surface area (Å²) in [6.07, 6.45) is 1.02. The molecule has 0 bridgehead atoms. The van der Waals surface area contributed by atoms with Crippen LogP contribution in [0.5, 0.6) is 0 Å². The second kappa shape index (κ2) is 7.66. The van der Waals surface area contributed by atoms with Crippen LogP contribution in [0.2, 0.25) is 0 Å². The molecule has 1 aromatic heterocycles. The first-order valence-corrected chi connectivity index (χ1v) is 10.00. The number of hydrogen-bond donors (Lipinski definition) is 1. The van der Waals surface area contributed by atoms with Gasteiger partial charge in [0.05, 0.1) is 0 Å². The van der Waals surface area contributed by atoms with Gasteiger partial charge in [0.15, 0.2) is 0 Å². The van der Waals surface area contributed by atoms with Crippen LogP contribution in [0.1, 0.15) is 17.4 Å². The summed E-state index contributed by atoms with van der Waals surface area (Å²) >= 11 is 0.169. The summed E-state index contributed by atoms with van der Waals surface area (Å²) in [7, 11) is 0. The van der Waals surface area contributed by atoms with E-state index in [1.165, 1.54) is 8.92 Å². The van der Waals surface area contributed by atoms with Crippen molar-refractivity contribution >= 4 is 23.9 Å². The fourth-order valence-corrected chi connectivity index (χ4v) is 4.69. The Morgan fingerprint density at radius 1 is 0.808 bits per heavy atom. The number of hydrogen-bond acceptors (Lipinski definition) is 3. The molecular weight excluding hydrogens is 389 g/mol. The Morgan fingerprint density at radius 3 is 2.23 bits per heavy atom. The molecule has 4 nitrogen and oxygen atoms in total. The average molecular weight is 406 g/mol. The molecule has 4 rings (SSSR count). The number of aliphatic hydroxyl groups excluding tert-OH is 1. The van der Waals surface area contributed by atoms with Gasteiger partial charge < -0.3 is 0 Å². The number of para-hydroxylation sites is 1. The van der Waals surface area contributed by atoms with Crippen molar-refractivity contribution in [2.75, 3.05) is 0 Å². The first-order valence-electron chi connectivity index (χ1n) is 8.29. The number of aromatic nitrogens is 3. The van der Waals surface area contributed by atoms with Crippen LogP contribution in [-0.4, -0.2) is 35.1 Å². The van der Waals surface area contributed by atoms with E-state index in [0.717, 1.165) is 11.3 Å². The Labute approximate surface area is 158 Å². The first kappa shape index (κ1) is 16.7. The predicted molar refractivity (Wildman–Crippen MR) is 103 cm³/mol. The zero-order valence-corrected chi connectivity index (χ0v) is 15.6. The van der Waals surface area contributed by atoms with Gasteiger partial charge >= 0.3 is 158 Å². The normalized spacial score (nSPS) is 12.0. The summed E-state index contributed by atoms with van der Waals surface area (Å²) in [4.78, 5) is 0. The molecule has 0 aliphatic rings. The molecular formula is C21H17N3OSe. The summed E-state index contributed by atoms with van der Waals surface area (Å²) in [5, 5.41) is 19.0. The summed E-state index contributed by atoms with van der Waals surface area (Å²) in [6.45, 7) is 0. The van der Waals surface area contributed by atoms with Crippen molar-refractivity contribution in [3.8, 4) is 5.69 Å². The number of nitrogens with zero attached hydrogens (tertiary/aromatic N) is 3. The third kappa shape index (κ3) is 3.60. The minimum absolute atomic E-state index is 0.169. The molecule has 0 radical (unpaired) electrons. The Balaban J connectivity index is 1.64. The molecule has 5 heteroatoms. The van der Waals surface area contributed by atoms with Gasteiger partial charge in [0, 0.05) is 0 Å². The third-order valence-corrected chi connectivity index (χ3v) is 6.24. The number of rotatable bonds is 5. The molecule has 0 fully saturated rings. The van der Waals surface area contributed by atoms with E-state index in [1.807, 2.05) is 54.6 Å². The van der Waals surface area contributed by atoms with Crippen molar-refractivity contribution in [1.82, 2.24) is 15.0 Å². The van der Waals surface area contributed by atoms with Gasteiger partial charge in [-0.15, -0.1) is 0 Å². The van der Waals surface area contributed by atoms with Crippen LogP contribution in [0.3, 0.4) is 0 Å². The van der Waals surface area contributed by atoms with Crippen LogP contribution < -0.4 is 8.92 Å². The molecule has 0 amide bonds. The fourth-order valence-electron chi connectivity index (χ4n) is 2.67. The molecule has 0 saturated heterocycles. The van der Waals surface area contributed by atoms with Gasteiger partial charge in [-0.3, -0.25) is 0 Å². The predicted octanol–water partition coefficient (Wildman–Crippen LogP) is 2.00. The van der Waals surface area contributed by atoms with E-state index < -0.39 is 6.10 Å². The van der Waals surface area contributed by atoms with Gasteiger partial charge in [-0.25, -0.2) is 0 Å². The van der Waals surface area contributed by atoms with E-state index in [1.54, 1.807) is 10.9 Å². The first-order chi connectivity index (χ1) is 12.8. The zero-order valence-electron chi connectivity index (χ0n) is 13.9. The van der Waals surface area contributed by atoms with Gasteiger partial charge in [0.2, 0.25) is 0 Å². The van der Waals surface area contributed by atoms with Gasteiger partial charge in [0.1, 0.15) is 0 Å². The van der Waals surface area contributed by atoms with E-state index in [-0.39, 0.29) is 15.0 Å². The molecule has 0 aliphatic heterocycles. The van der Waals surface area contributed by atoms with Crippen LogP contribution in [-0.2, 0) is 0 Å². The summed E-state index contributed by atoms with van der Waals surface area (Å²) < 4.78 is 4.27. The Hall–Kier alpha value is -2.72. The number of benzene rings is 3. The SMILES string of the molecule is O[C@H](c1ccccc1)c1cn(-c2ccccc2[Se]c2ccccc2)nn1. The maximum absolute atomic E-state index is 10.5. The van der Waals surface area contributed by atoms with Crippen LogP contribution in [0.4, 0.5) is 0 Å². The molecule has 0 saturated carbocycles. The molecule has 1 heterocycles. The average Bonchev–Trinajstić information content (AvgIpc) is 3.19. The Morgan fingerprint density at radius 2 is 1.46 bits per heavy atom. The van der Waals surface area contributed by atoms with Crippen molar-refractivity contribution in [2.24, 2.45) is 0 Å². The summed E-state index contributed by atoms with van der Waals surface area (Å²) in [5.41, 5.74) is 2.34. The molecule has 4 aromatic rings. The molecule has 1 atom stereocenters. The number of aliphatic hydroxyl groups is 1. The molecule has 128 valence electrons. The van der Waals surface area contributed by atoms with E-state index in [0.29, 0.717) is 5.69 Å². The second-order valence-electron chi connectivity index (χ2n) is 5.78. The van der Waals surface area contributed by atoms with Gasteiger partial charge in [0.25, 0.3) is 0 Å². The molecule has 0 aliphatic carbocycles. The van der Waals surface area contributed by atoms with E-state index in [4.69, 9.17) is 0 Å². The molecule has 26 heavy (non-hydrogen) atoms. The summed E-state index contributed by atoms with van der Waals surface area (Å²) in [6, 6.07) is 28.1. The molecule has 0 spiro atoms. The molecule has 1 N–H and O–H groups in total. The monoisotopic (exact) mass is 407 g/mol. The van der Waals surface area contributed by atoms with Crippen molar-refractivity contribution in [3.63, 3.8) is 0 Å². The third-order valence-electron chi connectivity index (χ3n) is 3.99. The minimum atomic E-state index is -0.781. The Kier molecular flexibility index (Phi) is 4.93. The quantitative estimate of drug-likeness (QED) is 0.516. The van der Waals surface area contributed by atoms with Crippen LogP contribution >= 0.6 is 0 Å². The zero-order chi connectivity index (χ0) is 17.8. The van der Waals surface area contributed by atoms with Crippen molar-refractivity contribution in [3.05, 3.63) is 102 Å². The van der Waals surface area contributed by atoms with Crippen molar-refractivity contribution < 1.29 is 5.11 Å². The van der Waals surface area contributed by atoms with Gasteiger partial charge in [-0.1, -0.05) is 0 Å². The van der Waals surface area contributed by atoms with Crippen molar-refractivity contribution in [2.45, 2.75) is 6.10 Å². The second-order valence-corrected chi connectivity index (χ2v) is 8.12. The van der Waals surface area contributed by atoms with Crippen LogP contribution in [0.25, 0.3) is 5.69 Å². The Bertz CT molecular complexity index is 986. The van der Waals surface area contributed by atoms with Crippen LogP contribution in [0, 0.1) is 0 Å². The van der Waals surface area contributed by atoms with Crippen molar-refractivity contribution in [1.29, 1.82) is 0 Å². The van der Waals surface area contributed by atoms with Gasteiger partial charge in [-0.2, -0.15) is 0 Å². The van der Waals surface area contributed by atoms with E-state index in [9.17, 15) is 5.11 Å². The van der Waals surface area contributed by atoms with E-state index in [2.05, 4.69) is 40.6 Å². The van der Waals surface area contributed by atoms with Crippen LogP contribution in [0.15, 0.2) is 91.1 Å². The fraction of sp³-hybridized carbons (Fsp3) is 0.0476. The van der Waals surface area contributed by atoms with E-state index >= 15 is 0 Å². The molecule has 0 unspecified atom stereocenters. The summed E-state index contributed by atoms with van der Waals surface area (Å²) in [5.74, 6) is 0. The standard InChI is InChI=1S/C21H17N3OSe/c25-21(16-9-3-1-4-10-16)18-15-24(23-22-18)19-13-7-8-14-20(19)26-17-11-5-2-6-12-17/h1-15,21,25H/t21-/m1/s1. The molecule has 3 aromatic carbocycles.